The van der Waals surface area contributed by atoms with E-state index in [9.17, 15) is 9.59 Å². The minimum absolute atomic E-state index is 0.0224. The van der Waals surface area contributed by atoms with Crippen LogP contribution in [-0.2, 0) is 29.5 Å². The molecule has 0 atom stereocenters. The van der Waals surface area contributed by atoms with Crippen LogP contribution in [0.15, 0.2) is 30.5 Å². The lowest BCUT2D eigenvalue weighted by Crippen LogP contribution is -2.39. The van der Waals surface area contributed by atoms with Crippen molar-refractivity contribution >= 4 is 28.6 Å². The Balaban J connectivity index is 1.59. The Labute approximate surface area is 174 Å². The number of hydrogen-bond acceptors (Lipinski definition) is 6. The predicted octanol–water partition coefficient (Wildman–Crippen LogP) is 2.45. The first-order valence-electron chi connectivity index (χ1n) is 10.1. The monoisotopic (exact) mass is 407 g/mol. The molecule has 30 heavy (non-hydrogen) atoms. The molecule has 1 aromatic carbocycles. The van der Waals surface area contributed by atoms with Crippen LogP contribution in [0.4, 0.5) is 5.69 Å². The van der Waals surface area contributed by atoms with Crippen molar-refractivity contribution in [1.29, 1.82) is 0 Å². The van der Waals surface area contributed by atoms with Crippen LogP contribution in [0, 0.1) is 6.92 Å². The van der Waals surface area contributed by atoms with E-state index >= 15 is 0 Å². The van der Waals surface area contributed by atoms with Crippen molar-refractivity contribution in [2.24, 2.45) is 7.05 Å². The molecule has 1 amide bonds. The summed E-state index contributed by atoms with van der Waals surface area (Å²) in [5.74, 6) is -0.497. The molecule has 3 heterocycles. The lowest BCUT2D eigenvalue weighted by Gasteiger charge is -2.29. The number of rotatable bonds is 5. The first-order valence-corrected chi connectivity index (χ1v) is 10.1. The van der Waals surface area contributed by atoms with E-state index in [0.717, 1.165) is 17.5 Å². The van der Waals surface area contributed by atoms with Crippen LogP contribution in [0.1, 0.15) is 34.1 Å². The summed E-state index contributed by atoms with van der Waals surface area (Å²) < 4.78 is 6.85. The Morgan fingerprint density at radius 3 is 2.77 bits per heavy atom. The number of anilines is 1. The molecule has 156 valence electrons. The average molecular weight is 407 g/mol. The molecule has 0 radical (unpaired) electrons. The molecule has 0 saturated heterocycles. The van der Waals surface area contributed by atoms with Gasteiger partial charge in [0, 0.05) is 26.3 Å². The number of hydrogen-bond donors (Lipinski definition) is 1. The molecule has 1 N–H and O–H groups in total. The number of amides is 1. The van der Waals surface area contributed by atoms with Crippen LogP contribution in [0.3, 0.4) is 0 Å². The molecular formula is C22H25N5O3. The third-order valence-electron chi connectivity index (χ3n) is 5.42. The van der Waals surface area contributed by atoms with E-state index in [1.807, 2.05) is 24.0 Å². The maximum absolute atomic E-state index is 12.9. The Morgan fingerprint density at radius 2 is 2.00 bits per heavy atom. The van der Waals surface area contributed by atoms with Gasteiger partial charge in [0.15, 0.2) is 5.65 Å². The molecule has 0 saturated carbocycles. The molecule has 4 rings (SSSR count). The molecule has 3 aromatic rings. The first-order chi connectivity index (χ1) is 14.5. The van der Waals surface area contributed by atoms with Crippen LogP contribution in [0.25, 0.3) is 11.0 Å². The van der Waals surface area contributed by atoms with Gasteiger partial charge in [-0.15, -0.1) is 0 Å². The van der Waals surface area contributed by atoms with Gasteiger partial charge in [0.1, 0.15) is 5.56 Å². The lowest BCUT2D eigenvalue weighted by atomic mass is 10.00. The van der Waals surface area contributed by atoms with Crippen LogP contribution >= 0.6 is 0 Å². The number of pyridine rings is 1. The number of aryl methyl sites for hydroxylation is 2. The highest BCUT2D eigenvalue weighted by Crippen LogP contribution is 2.29. The van der Waals surface area contributed by atoms with Gasteiger partial charge < -0.3 is 15.0 Å². The van der Waals surface area contributed by atoms with Crippen molar-refractivity contribution in [2.75, 3.05) is 25.0 Å². The highest BCUT2D eigenvalue weighted by molar-refractivity contribution is 6.05. The molecule has 2 aromatic heterocycles. The van der Waals surface area contributed by atoms with Crippen molar-refractivity contribution in [3.05, 3.63) is 52.8 Å². The van der Waals surface area contributed by atoms with Gasteiger partial charge in [-0.25, -0.2) is 9.78 Å². The Hall–Kier alpha value is -3.42. The molecule has 0 fully saturated rings. The summed E-state index contributed by atoms with van der Waals surface area (Å²) in [5, 5.41) is 8.31. The molecule has 8 heteroatoms. The summed E-state index contributed by atoms with van der Waals surface area (Å²) >= 11 is 0. The van der Waals surface area contributed by atoms with E-state index in [0.29, 0.717) is 30.0 Å². The minimum atomic E-state index is -0.475. The molecule has 8 nitrogen and oxygen atoms in total. The second kappa shape index (κ2) is 8.14. The maximum atomic E-state index is 12.9. The average Bonchev–Trinajstić information content (AvgIpc) is 3.05. The Morgan fingerprint density at radius 1 is 1.23 bits per heavy atom. The summed E-state index contributed by atoms with van der Waals surface area (Å²) in [5.41, 5.74) is 4.68. The van der Waals surface area contributed by atoms with Gasteiger partial charge in [-0.05, 0) is 31.4 Å². The number of aromatic nitrogens is 3. The fourth-order valence-electron chi connectivity index (χ4n) is 3.94. The topological polar surface area (TPSA) is 89.3 Å². The zero-order valence-electron chi connectivity index (χ0n) is 17.4. The van der Waals surface area contributed by atoms with Gasteiger partial charge in [0.05, 0.1) is 29.9 Å². The quantitative estimate of drug-likeness (QED) is 0.654. The SMILES string of the molecule is CCOC(=O)c1cnc2c(c(C)nn2C)c1NCC(=O)N1CCc2ccccc2C1. The molecule has 0 aliphatic carbocycles. The molecule has 1 aliphatic rings. The smallest absolute Gasteiger partial charge is 0.341 e. The van der Waals surface area contributed by atoms with Crippen molar-refractivity contribution in [2.45, 2.75) is 26.8 Å². The second-order valence-corrected chi connectivity index (χ2v) is 7.36. The molecule has 0 bridgehead atoms. The number of nitrogens with one attached hydrogen (secondary N) is 1. The largest absolute Gasteiger partial charge is 0.462 e. The molecule has 0 spiro atoms. The fraction of sp³-hybridized carbons (Fsp3) is 0.364. The fourth-order valence-corrected chi connectivity index (χ4v) is 3.94. The first kappa shape index (κ1) is 19.9. The second-order valence-electron chi connectivity index (χ2n) is 7.36. The van der Waals surface area contributed by atoms with Gasteiger partial charge in [-0.1, -0.05) is 24.3 Å². The van der Waals surface area contributed by atoms with Gasteiger partial charge in [-0.3, -0.25) is 9.48 Å². The third kappa shape index (κ3) is 3.60. The summed E-state index contributed by atoms with van der Waals surface area (Å²) in [6, 6.07) is 8.20. The van der Waals surface area contributed by atoms with Crippen molar-refractivity contribution in [1.82, 2.24) is 19.7 Å². The van der Waals surface area contributed by atoms with E-state index < -0.39 is 5.97 Å². The van der Waals surface area contributed by atoms with Crippen LogP contribution < -0.4 is 5.32 Å². The van der Waals surface area contributed by atoms with Gasteiger partial charge in [0.2, 0.25) is 5.91 Å². The zero-order chi connectivity index (χ0) is 21.3. The molecule has 0 unspecified atom stereocenters. The van der Waals surface area contributed by atoms with Crippen LogP contribution in [0.5, 0.6) is 0 Å². The highest BCUT2D eigenvalue weighted by Gasteiger charge is 2.24. The Bertz CT molecular complexity index is 1120. The molecular weight excluding hydrogens is 382 g/mol. The zero-order valence-corrected chi connectivity index (χ0v) is 17.4. The van der Waals surface area contributed by atoms with Gasteiger partial charge >= 0.3 is 5.97 Å². The number of carbonyl (C=O) groups is 2. The maximum Gasteiger partial charge on any atom is 0.341 e. The highest BCUT2D eigenvalue weighted by atomic mass is 16.5. The van der Waals surface area contributed by atoms with Crippen LogP contribution in [-0.4, -0.2) is 51.2 Å². The normalized spacial score (nSPS) is 13.2. The minimum Gasteiger partial charge on any atom is -0.462 e. The standard InChI is InChI=1S/C22H25N5O3/c1-4-30-22(29)17-11-24-21-19(14(2)25-26(21)3)20(17)23-12-18(28)27-10-9-15-7-5-6-8-16(15)13-27/h5-8,11H,4,9-10,12-13H2,1-3H3,(H,23,24). The van der Waals surface area contributed by atoms with Gasteiger partial charge in [0.25, 0.3) is 0 Å². The van der Waals surface area contributed by atoms with E-state index in [2.05, 4.69) is 27.5 Å². The predicted molar refractivity (Wildman–Crippen MR) is 113 cm³/mol. The number of esters is 1. The number of benzene rings is 1. The van der Waals surface area contributed by atoms with Crippen LogP contribution in [0.2, 0.25) is 0 Å². The lowest BCUT2D eigenvalue weighted by molar-refractivity contribution is -0.130. The van der Waals surface area contributed by atoms with E-state index in [-0.39, 0.29) is 19.1 Å². The molecule has 1 aliphatic heterocycles. The van der Waals surface area contributed by atoms with Crippen molar-refractivity contribution in [3.63, 3.8) is 0 Å². The van der Waals surface area contributed by atoms with Crippen molar-refractivity contribution < 1.29 is 14.3 Å². The summed E-state index contributed by atoms with van der Waals surface area (Å²) in [6.45, 7) is 5.22. The number of nitrogens with zero attached hydrogens (tertiary/aromatic N) is 4. The third-order valence-corrected chi connectivity index (χ3v) is 5.42. The van der Waals surface area contributed by atoms with Crippen molar-refractivity contribution in [3.8, 4) is 0 Å². The Kier molecular flexibility index (Phi) is 5.39. The summed E-state index contributed by atoms with van der Waals surface area (Å²) in [6.07, 6.45) is 2.32. The summed E-state index contributed by atoms with van der Waals surface area (Å²) in [4.78, 5) is 31.6. The number of fused-ring (bicyclic) bond motifs is 2. The van der Waals surface area contributed by atoms with E-state index in [4.69, 9.17) is 4.74 Å². The number of carbonyl (C=O) groups excluding carboxylic acids is 2. The summed E-state index contributed by atoms with van der Waals surface area (Å²) in [7, 11) is 1.80. The number of ether oxygens (including phenoxy) is 1. The van der Waals surface area contributed by atoms with E-state index in [1.165, 1.54) is 17.3 Å². The van der Waals surface area contributed by atoms with Gasteiger partial charge in [-0.2, -0.15) is 5.10 Å². The van der Waals surface area contributed by atoms with E-state index in [1.54, 1.807) is 18.7 Å².